The average Bonchev–Trinajstić information content (AvgIpc) is 3.69. The predicted octanol–water partition coefficient (Wildman–Crippen LogP) is 4.40. The number of halogens is 2. The fourth-order valence-electron chi connectivity index (χ4n) is 5.51. The molecule has 0 radical (unpaired) electrons. The molecule has 0 aliphatic heterocycles. The maximum Gasteiger partial charge on any atom is 0.256 e. The number of ether oxygens (including phenoxy) is 1. The fraction of sp³-hybridized carbons (Fsp3) is 0.212. The summed E-state index contributed by atoms with van der Waals surface area (Å²) < 4.78 is 36.4. The van der Waals surface area contributed by atoms with Crippen LogP contribution in [0.4, 0.5) is 43.4 Å². The Bertz CT molecular complexity index is 2250. The summed E-state index contributed by atoms with van der Waals surface area (Å²) in [6, 6.07) is 11.1. The highest BCUT2D eigenvalue weighted by Gasteiger charge is 2.19. The van der Waals surface area contributed by atoms with E-state index in [0.717, 1.165) is 28.9 Å². The number of hydrogen-bond acceptors (Lipinski definition) is 11. The molecule has 2 amide bonds. The Morgan fingerprint density at radius 2 is 1.58 bits per heavy atom. The third-order valence-corrected chi connectivity index (χ3v) is 7.65. The van der Waals surface area contributed by atoms with Crippen LogP contribution in [-0.4, -0.2) is 68.3 Å². The summed E-state index contributed by atoms with van der Waals surface area (Å²) in [5.74, 6) is -1.12. The van der Waals surface area contributed by atoms with Crippen molar-refractivity contribution in [3.8, 4) is 5.75 Å². The summed E-state index contributed by atoms with van der Waals surface area (Å²) in [5.41, 5.74) is 9.18. The van der Waals surface area contributed by atoms with Gasteiger partial charge in [0.05, 0.1) is 25.2 Å². The third kappa shape index (κ3) is 6.73. The van der Waals surface area contributed by atoms with E-state index >= 15 is 0 Å². The number of amides is 2. The first-order chi connectivity index (χ1) is 24.1. The molecule has 0 saturated heterocycles. The summed E-state index contributed by atoms with van der Waals surface area (Å²) in [6.07, 6.45) is 3.28. The number of anilines is 6. The molecule has 0 unspecified atom stereocenters. The highest BCUT2D eigenvalue weighted by Crippen LogP contribution is 2.32. The zero-order valence-corrected chi connectivity index (χ0v) is 27.6. The number of carbonyl (C=O) groups excluding carboxylic acids is 2. The zero-order chi connectivity index (χ0) is 35.5. The number of nitrogens with one attached hydrogen (secondary N) is 5. The molecule has 6 aromatic rings. The van der Waals surface area contributed by atoms with Gasteiger partial charge in [-0.25, -0.2) is 18.7 Å². The summed E-state index contributed by atoms with van der Waals surface area (Å²) in [7, 11) is 2.94. The molecule has 0 saturated carbocycles. The second-order valence-corrected chi connectivity index (χ2v) is 11.2. The van der Waals surface area contributed by atoms with Crippen LogP contribution in [0, 0.1) is 18.6 Å². The Balaban J connectivity index is 1.18. The van der Waals surface area contributed by atoms with Crippen molar-refractivity contribution in [2.75, 3.05) is 48.5 Å². The molecular formula is C33H34F2N12O3. The van der Waals surface area contributed by atoms with Gasteiger partial charge in [-0.2, -0.15) is 19.2 Å². The fourth-order valence-corrected chi connectivity index (χ4v) is 5.51. The van der Waals surface area contributed by atoms with Crippen molar-refractivity contribution >= 4 is 57.8 Å². The maximum atomic E-state index is 14.3. The van der Waals surface area contributed by atoms with Gasteiger partial charge in [0.1, 0.15) is 40.2 Å². The number of aryl methyl sites for hydroxylation is 1. The van der Waals surface area contributed by atoms with E-state index in [1.807, 2.05) is 32.0 Å². The number of primary amides is 1. The van der Waals surface area contributed by atoms with Crippen LogP contribution < -0.4 is 37.1 Å². The Labute approximate surface area is 284 Å². The molecule has 258 valence electrons. The molecule has 6 rings (SSSR count). The second-order valence-electron chi connectivity index (χ2n) is 11.2. The normalized spacial score (nSPS) is 11.1. The number of aromatic nitrogens is 6. The smallest absolute Gasteiger partial charge is 0.256 e. The molecule has 0 spiro atoms. The summed E-state index contributed by atoms with van der Waals surface area (Å²) in [5, 5.41) is 23.9. The molecule has 4 aromatic heterocycles. The number of methoxy groups -OCH3 is 1. The van der Waals surface area contributed by atoms with Crippen molar-refractivity contribution in [1.29, 1.82) is 0 Å². The van der Waals surface area contributed by atoms with Gasteiger partial charge in [-0.1, -0.05) is 6.07 Å². The predicted molar refractivity (Wildman–Crippen MR) is 185 cm³/mol. The molecular weight excluding hydrogens is 650 g/mol. The Hall–Kier alpha value is -6.52. The van der Waals surface area contributed by atoms with E-state index in [-0.39, 0.29) is 34.0 Å². The van der Waals surface area contributed by atoms with Crippen LogP contribution in [0.2, 0.25) is 0 Å². The topological polar surface area (TPSA) is 190 Å². The molecule has 4 heterocycles. The number of carbonyl (C=O) groups is 2. The molecule has 0 bridgehead atoms. The van der Waals surface area contributed by atoms with E-state index in [2.05, 4.69) is 46.7 Å². The van der Waals surface area contributed by atoms with Gasteiger partial charge in [0.15, 0.2) is 22.9 Å². The SMILES string of the molecule is CCNc1cc(Nc2cc(C)cc(CCNC(=O)c3cnn4c(NC)cc(Nc5cc(F)cc(F)c5OC)nc34)c2)nc2c(C(N)=O)cnn12. The van der Waals surface area contributed by atoms with E-state index in [4.69, 9.17) is 10.5 Å². The van der Waals surface area contributed by atoms with E-state index in [0.29, 0.717) is 42.6 Å². The van der Waals surface area contributed by atoms with Gasteiger partial charge in [-0.3, -0.25) is 9.59 Å². The minimum absolute atomic E-state index is 0.0214. The second kappa shape index (κ2) is 13.9. The summed E-state index contributed by atoms with van der Waals surface area (Å²) in [4.78, 5) is 34.4. The Morgan fingerprint density at radius 3 is 2.28 bits per heavy atom. The van der Waals surface area contributed by atoms with Crippen molar-refractivity contribution < 1.29 is 23.1 Å². The largest absolute Gasteiger partial charge is 0.492 e. The first kappa shape index (κ1) is 33.4. The van der Waals surface area contributed by atoms with Crippen LogP contribution in [0.1, 0.15) is 38.8 Å². The van der Waals surface area contributed by atoms with E-state index < -0.39 is 23.4 Å². The molecule has 0 atom stereocenters. The lowest BCUT2D eigenvalue weighted by Crippen LogP contribution is -2.25. The zero-order valence-electron chi connectivity index (χ0n) is 27.6. The lowest BCUT2D eigenvalue weighted by molar-refractivity contribution is 0.0954. The molecule has 0 aliphatic carbocycles. The van der Waals surface area contributed by atoms with Crippen LogP contribution >= 0.6 is 0 Å². The average molecular weight is 685 g/mol. The highest BCUT2D eigenvalue weighted by atomic mass is 19.1. The van der Waals surface area contributed by atoms with Crippen molar-refractivity contribution in [3.63, 3.8) is 0 Å². The minimum Gasteiger partial charge on any atom is -0.492 e. The van der Waals surface area contributed by atoms with Crippen LogP contribution in [0.3, 0.4) is 0 Å². The van der Waals surface area contributed by atoms with Crippen molar-refractivity contribution in [3.05, 3.63) is 88.7 Å². The molecule has 17 heteroatoms. The van der Waals surface area contributed by atoms with Crippen molar-refractivity contribution in [2.24, 2.45) is 5.73 Å². The van der Waals surface area contributed by atoms with Gasteiger partial charge >= 0.3 is 0 Å². The monoisotopic (exact) mass is 684 g/mol. The quantitative estimate of drug-likeness (QED) is 0.101. The number of hydrogen-bond donors (Lipinski definition) is 6. The van der Waals surface area contributed by atoms with Gasteiger partial charge < -0.3 is 37.1 Å². The van der Waals surface area contributed by atoms with E-state index in [9.17, 15) is 18.4 Å². The van der Waals surface area contributed by atoms with Gasteiger partial charge in [0.25, 0.3) is 11.8 Å². The van der Waals surface area contributed by atoms with Gasteiger partial charge in [-0.05, 0) is 43.5 Å². The Morgan fingerprint density at radius 1 is 0.900 bits per heavy atom. The summed E-state index contributed by atoms with van der Waals surface area (Å²) >= 11 is 0. The number of rotatable bonds is 13. The third-order valence-electron chi connectivity index (χ3n) is 7.65. The van der Waals surface area contributed by atoms with Crippen LogP contribution in [0.5, 0.6) is 5.75 Å². The highest BCUT2D eigenvalue weighted by molar-refractivity contribution is 6.00. The standard InChI is InChI=1S/C33H34F2N12O3/c1-5-38-28-14-25(44-31-21(30(36)48)15-40-47(28)31)42-20-9-17(2)8-18(10-20)6-7-39-33(49)22-16-41-46-27(37-3)13-26(45-32(22)46)43-24-12-19(34)11-23(35)29(24)50-4/h8-16,37-38H,5-7H2,1-4H3,(H2,36,48)(H,39,49)(H,42,44)(H,43,45). The van der Waals surface area contributed by atoms with Crippen molar-refractivity contribution in [1.82, 2.24) is 34.5 Å². The first-order valence-corrected chi connectivity index (χ1v) is 15.5. The van der Waals surface area contributed by atoms with E-state index in [1.54, 1.807) is 19.2 Å². The maximum absolute atomic E-state index is 14.3. The summed E-state index contributed by atoms with van der Waals surface area (Å²) in [6.45, 7) is 4.82. The number of nitrogens with two attached hydrogens (primary N) is 1. The van der Waals surface area contributed by atoms with Gasteiger partial charge in [0, 0.05) is 50.1 Å². The van der Waals surface area contributed by atoms with Gasteiger partial charge in [-0.15, -0.1) is 0 Å². The molecule has 2 aromatic carbocycles. The minimum atomic E-state index is -0.879. The molecule has 15 nitrogen and oxygen atoms in total. The number of fused-ring (bicyclic) bond motifs is 2. The van der Waals surface area contributed by atoms with Crippen molar-refractivity contribution in [2.45, 2.75) is 20.3 Å². The Kier molecular flexibility index (Phi) is 9.29. The first-order valence-electron chi connectivity index (χ1n) is 15.5. The lowest BCUT2D eigenvalue weighted by atomic mass is 10.1. The number of nitrogens with zero attached hydrogens (tertiary/aromatic N) is 6. The molecule has 0 fully saturated rings. The molecule has 7 N–H and O–H groups in total. The van der Waals surface area contributed by atoms with Gasteiger partial charge in [0.2, 0.25) is 0 Å². The van der Waals surface area contributed by atoms with Crippen LogP contribution in [0.25, 0.3) is 11.3 Å². The van der Waals surface area contributed by atoms with Crippen LogP contribution in [0.15, 0.2) is 54.9 Å². The van der Waals surface area contributed by atoms with Crippen LogP contribution in [-0.2, 0) is 6.42 Å². The molecule has 50 heavy (non-hydrogen) atoms. The molecule has 0 aliphatic rings. The van der Waals surface area contributed by atoms with E-state index in [1.165, 1.54) is 28.5 Å². The lowest BCUT2D eigenvalue weighted by Gasteiger charge is -2.14. The number of benzene rings is 2.